The lowest BCUT2D eigenvalue weighted by Crippen LogP contribution is -2.44. The molecule has 1 heterocycles. The van der Waals surface area contributed by atoms with Gasteiger partial charge in [0.1, 0.15) is 0 Å². The van der Waals surface area contributed by atoms with Crippen molar-refractivity contribution in [2.24, 2.45) is 0 Å². The minimum absolute atomic E-state index is 0.118. The Hall–Kier alpha value is -0.563. The van der Waals surface area contributed by atoms with Crippen molar-refractivity contribution < 1.29 is 8.63 Å². The number of rotatable bonds is 6. The number of hydrogen-bond acceptors (Lipinski definition) is 3. The molecule has 1 aromatic rings. The topological polar surface area (TPSA) is 51.2 Å². The van der Waals surface area contributed by atoms with Gasteiger partial charge < -0.3 is 4.43 Å². The second-order valence-electron chi connectivity index (χ2n) is 8.83. The predicted molar refractivity (Wildman–Crippen MR) is 106 cm³/mol. The third-order valence-corrected chi connectivity index (χ3v) is 10.5. The van der Waals surface area contributed by atoms with E-state index in [1.807, 2.05) is 40.0 Å². The van der Waals surface area contributed by atoms with Crippen molar-refractivity contribution >= 4 is 19.3 Å². The van der Waals surface area contributed by atoms with E-state index in [4.69, 9.17) is 4.43 Å². The first-order valence-electron chi connectivity index (χ1n) is 8.50. The van der Waals surface area contributed by atoms with E-state index in [0.29, 0.717) is 6.54 Å². The Labute approximate surface area is 151 Å². The molecule has 0 saturated heterocycles. The number of nitrogens with zero attached hydrogens (tertiary/aromatic N) is 1. The molecule has 1 unspecified atom stereocenters. The summed E-state index contributed by atoms with van der Waals surface area (Å²) in [5, 5.41) is 0.118. The van der Waals surface area contributed by atoms with Crippen LogP contribution in [0.3, 0.4) is 0 Å². The summed E-state index contributed by atoms with van der Waals surface area (Å²) in [7, 11) is -3.07. The molecule has 0 radical (unpaired) electrons. The van der Waals surface area contributed by atoms with Gasteiger partial charge in [-0.15, -0.1) is 0 Å². The zero-order valence-electron chi connectivity index (χ0n) is 16.7. The molecular weight excluding hydrogens is 336 g/mol. The fourth-order valence-electron chi connectivity index (χ4n) is 1.80. The Bertz CT molecular complexity index is 560. The Morgan fingerprint density at radius 1 is 1.21 bits per heavy atom. The van der Waals surface area contributed by atoms with E-state index in [2.05, 4.69) is 49.6 Å². The average Bonchev–Trinajstić information content (AvgIpc) is 2.41. The molecule has 0 aliphatic carbocycles. The molecule has 138 valence electrons. The van der Waals surface area contributed by atoms with Gasteiger partial charge in [-0.3, -0.25) is 4.98 Å². The Balaban J connectivity index is 3.00. The van der Waals surface area contributed by atoms with Crippen LogP contribution in [0.25, 0.3) is 0 Å². The molecule has 0 spiro atoms. The monoisotopic (exact) mass is 370 g/mol. The average molecular weight is 371 g/mol. The van der Waals surface area contributed by atoms with Gasteiger partial charge in [0.2, 0.25) is 0 Å². The van der Waals surface area contributed by atoms with Crippen LogP contribution in [0, 0.1) is 6.92 Å². The molecule has 0 fully saturated rings. The predicted octanol–water partition coefficient (Wildman–Crippen LogP) is 4.50. The van der Waals surface area contributed by atoms with E-state index in [-0.39, 0.29) is 15.9 Å². The lowest BCUT2D eigenvalue weighted by Gasteiger charge is -2.39. The fraction of sp³-hybridized carbons (Fsp3) is 0.722. The van der Waals surface area contributed by atoms with Crippen LogP contribution in [0.2, 0.25) is 18.1 Å². The van der Waals surface area contributed by atoms with Crippen LogP contribution in [0.1, 0.15) is 58.9 Å². The zero-order valence-corrected chi connectivity index (χ0v) is 18.5. The Morgan fingerprint density at radius 3 is 2.21 bits per heavy atom. The molecule has 4 nitrogen and oxygen atoms in total. The van der Waals surface area contributed by atoms with Crippen molar-refractivity contribution in [3.63, 3.8) is 0 Å². The lowest BCUT2D eigenvalue weighted by molar-refractivity contribution is 0.187. The van der Waals surface area contributed by atoms with Gasteiger partial charge >= 0.3 is 0 Å². The minimum atomic E-state index is -1.95. The maximum absolute atomic E-state index is 12.4. The molecular formula is C18H34N2O2SSi. The standard InChI is InChI=1S/C18H34N2O2SSi/c1-14-10-11-15(12-19-14)16(13-20-23(21)17(2,3)4)22-24(8,9)18(5,6)7/h10-12,16,20H,13H2,1-9H3/t16-,23?/m0/s1. The van der Waals surface area contributed by atoms with Crippen LogP contribution < -0.4 is 4.72 Å². The molecule has 1 N–H and O–H groups in total. The number of nitrogens with one attached hydrogen (secondary N) is 1. The van der Waals surface area contributed by atoms with E-state index < -0.39 is 19.3 Å². The first-order chi connectivity index (χ1) is 10.7. The van der Waals surface area contributed by atoms with E-state index in [1.165, 1.54) is 0 Å². The summed E-state index contributed by atoms with van der Waals surface area (Å²) < 4.78 is 21.8. The van der Waals surface area contributed by atoms with Gasteiger partial charge in [0.25, 0.3) is 0 Å². The van der Waals surface area contributed by atoms with Crippen LogP contribution in [0.4, 0.5) is 0 Å². The second kappa shape index (κ2) is 7.77. The van der Waals surface area contributed by atoms with Crippen molar-refractivity contribution in [3.05, 3.63) is 29.6 Å². The highest BCUT2D eigenvalue weighted by atomic mass is 32.2. The number of aryl methyl sites for hydroxylation is 1. The van der Waals surface area contributed by atoms with Gasteiger partial charge in [0.05, 0.1) is 21.8 Å². The van der Waals surface area contributed by atoms with Crippen LogP contribution in [-0.4, -0.2) is 28.8 Å². The second-order valence-corrected chi connectivity index (χ2v) is 15.6. The Kier molecular flexibility index (Phi) is 6.95. The summed E-state index contributed by atoms with van der Waals surface area (Å²) >= 11 is 0. The molecule has 0 aromatic carbocycles. The molecule has 0 saturated carbocycles. The summed E-state index contributed by atoms with van der Waals surface area (Å²) in [6.07, 6.45) is 1.72. The maximum Gasteiger partial charge on any atom is 0.192 e. The number of hydrogen-bond donors (Lipinski definition) is 1. The molecule has 1 aromatic heterocycles. The Morgan fingerprint density at radius 2 is 1.79 bits per heavy atom. The van der Waals surface area contributed by atoms with Crippen LogP contribution in [-0.2, 0) is 15.4 Å². The van der Waals surface area contributed by atoms with Gasteiger partial charge in [-0.1, -0.05) is 26.8 Å². The van der Waals surface area contributed by atoms with Gasteiger partial charge in [0, 0.05) is 18.4 Å². The highest BCUT2D eigenvalue weighted by Crippen LogP contribution is 2.39. The van der Waals surface area contributed by atoms with Crippen LogP contribution in [0.5, 0.6) is 0 Å². The highest BCUT2D eigenvalue weighted by Gasteiger charge is 2.39. The van der Waals surface area contributed by atoms with Crippen molar-refractivity contribution in [3.8, 4) is 0 Å². The van der Waals surface area contributed by atoms with Gasteiger partial charge in [0.15, 0.2) is 8.32 Å². The lowest BCUT2D eigenvalue weighted by atomic mass is 10.1. The third kappa shape index (κ3) is 6.06. The molecule has 0 aliphatic rings. The van der Waals surface area contributed by atoms with Gasteiger partial charge in [-0.05, 0) is 57.5 Å². The summed E-state index contributed by atoms with van der Waals surface area (Å²) in [5.74, 6) is 0. The SMILES string of the molecule is Cc1ccc([C@H](CNS(=O)C(C)(C)C)O[Si](C)(C)C(C)(C)C)cn1. The van der Waals surface area contributed by atoms with Crippen molar-refractivity contribution in [2.45, 2.75) is 77.4 Å². The normalized spacial score (nSPS) is 16.0. The van der Waals surface area contributed by atoms with Crippen molar-refractivity contribution in [2.75, 3.05) is 6.54 Å². The minimum Gasteiger partial charge on any atom is -0.409 e. The van der Waals surface area contributed by atoms with Crippen LogP contribution in [0.15, 0.2) is 18.3 Å². The summed E-state index contributed by atoms with van der Waals surface area (Å²) in [5.41, 5.74) is 2.01. The quantitative estimate of drug-likeness (QED) is 0.750. The van der Waals surface area contributed by atoms with Gasteiger partial charge in [-0.25, -0.2) is 8.93 Å². The zero-order chi connectivity index (χ0) is 18.8. The largest absolute Gasteiger partial charge is 0.409 e. The highest BCUT2D eigenvalue weighted by molar-refractivity contribution is 7.84. The first-order valence-corrected chi connectivity index (χ1v) is 12.6. The summed E-state index contributed by atoms with van der Waals surface area (Å²) in [4.78, 5) is 4.40. The number of pyridine rings is 1. The fourth-order valence-corrected chi connectivity index (χ4v) is 3.82. The van der Waals surface area contributed by atoms with E-state index in [9.17, 15) is 4.21 Å². The van der Waals surface area contributed by atoms with Crippen molar-refractivity contribution in [1.82, 2.24) is 9.71 Å². The maximum atomic E-state index is 12.4. The molecule has 24 heavy (non-hydrogen) atoms. The molecule has 0 aliphatic heterocycles. The van der Waals surface area contributed by atoms with Crippen LogP contribution >= 0.6 is 0 Å². The molecule has 0 bridgehead atoms. The number of aromatic nitrogens is 1. The summed E-state index contributed by atoms with van der Waals surface area (Å²) in [6, 6.07) is 4.06. The summed E-state index contributed by atoms with van der Waals surface area (Å²) in [6.45, 7) is 19.5. The van der Waals surface area contributed by atoms with Crippen molar-refractivity contribution in [1.29, 1.82) is 0 Å². The first kappa shape index (κ1) is 21.5. The molecule has 1 rings (SSSR count). The molecule has 0 amide bonds. The van der Waals surface area contributed by atoms with E-state index >= 15 is 0 Å². The molecule has 6 heteroatoms. The molecule has 2 atom stereocenters. The smallest absolute Gasteiger partial charge is 0.192 e. The van der Waals surface area contributed by atoms with Gasteiger partial charge in [-0.2, -0.15) is 0 Å². The van der Waals surface area contributed by atoms with E-state index in [0.717, 1.165) is 11.3 Å². The third-order valence-electron chi connectivity index (χ3n) is 4.51. The van der Waals surface area contributed by atoms with E-state index in [1.54, 1.807) is 0 Å².